The van der Waals surface area contributed by atoms with Gasteiger partial charge in [0.2, 0.25) is 0 Å². The molecule has 14 heavy (non-hydrogen) atoms. The van der Waals surface area contributed by atoms with Crippen molar-refractivity contribution in [3.8, 4) is 0 Å². The molecule has 0 fully saturated rings. The summed E-state index contributed by atoms with van der Waals surface area (Å²) < 4.78 is 5.04. The lowest BCUT2D eigenvalue weighted by molar-refractivity contribution is -0.144. The van der Waals surface area contributed by atoms with Crippen LogP contribution in [0.3, 0.4) is 0 Å². The van der Waals surface area contributed by atoms with Crippen LogP contribution < -0.4 is 5.73 Å². The van der Waals surface area contributed by atoms with Crippen molar-refractivity contribution >= 4 is 5.97 Å². The summed E-state index contributed by atoms with van der Waals surface area (Å²) in [7, 11) is 0. The number of carbonyl (C=O) groups is 1. The van der Waals surface area contributed by atoms with E-state index in [-0.39, 0.29) is 12.0 Å². The zero-order valence-electron chi connectivity index (χ0n) is 9.42. The van der Waals surface area contributed by atoms with Crippen molar-refractivity contribution in [2.45, 2.75) is 58.4 Å². The Morgan fingerprint density at radius 1 is 1.29 bits per heavy atom. The maximum absolute atomic E-state index is 11.2. The summed E-state index contributed by atoms with van der Waals surface area (Å²) in [6.45, 7) is 4.73. The van der Waals surface area contributed by atoms with Crippen LogP contribution in [0, 0.1) is 0 Å². The van der Waals surface area contributed by atoms with Crippen LogP contribution in [-0.4, -0.2) is 18.6 Å². The molecule has 0 aromatic rings. The minimum Gasteiger partial charge on any atom is -0.466 e. The summed E-state index contributed by atoms with van der Waals surface area (Å²) in [6.07, 6.45) is 5.50. The Hall–Kier alpha value is -0.570. The van der Waals surface area contributed by atoms with Crippen LogP contribution in [0.5, 0.6) is 0 Å². The smallest absolute Gasteiger partial charge is 0.307 e. The van der Waals surface area contributed by atoms with Crippen molar-refractivity contribution in [1.29, 1.82) is 0 Å². The van der Waals surface area contributed by atoms with Gasteiger partial charge in [-0.2, -0.15) is 0 Å². The number of carbonyl (C=O) groups excluding carboxylic acids is 1. The number of hydrogen-bond donors (Lipinski definition) is 1. The largest absolute Gasteiger partial charge is 0.466 e. The first-order valence-electron chi connectivity index (χ1n) is 5.61. The molecule has 0 aliphatic rings. The summed E-state index contributed by atoms with van der Waals surface area (Å²) in [6, 6.07) is -0.0290. The molecule has 0 radical (unpaired) electrons. The van der Waals surface area contributed by atoms with E-state index in [2.05, 4.69) is 13.8 Å². The molecule has 0 aliphatic carbocycles. The van der Waals surface area contributed by atoms with Crippen LogP contribution in [0.1, 0.15) is 52.4 Å². The van der Waals surface area contributed by atoms with E-state index in [4.69, 9.17) is 10.5 Å². The molecule has 0 aliphatic heterocycles. The van der Waals surface area contributed by atoms with Crippen molar-refractivity contribution in [1.82, 2.24) is 0 Å². The van der Waals surface area contributed by atoms with E-state index in [9.17, 15) is 4.79 Å². The fraction of sp³-hybridized carbons (Fsp3) is 0.909. The van der Waals surface area contributed by atoms with E-state index in [1.54, 1.807) is 0 Å². The molecule has 0 saturated carbocycles. The molecule has 0 aromatic carbocycles. The maximum Gasteiger partial charge on any atom is 0.307 e. The zero-order chi connectivity index (χ0) is 10.8. The van der Waals surface area contributed by atoms with Gasteiger partial charge in [-0.25, -0.2) is 0 Å². The van der Waals surface area contributed by atoms with Crippen LogP contribution in [0.15, 0.2) is 0 Å². The number of rotatable bonds is 8. The lowest BCUT2D eigenvalue weighted by Gasteiger charge is -2.09. The van der Waals surface area contributed by atoms with Crippen LogP contribution in [-0.2, 0) is 9.53 Å². The topological polar surface area (TPSA) is 52.3 Å². The highest BCUT2D eigenvalue weighted by Crippen LogP contribution is 2.01. The third-order valence-electron chi connectivity index (χ3n) is 2.10. The summed E-state index contributed by atoms with van der Waals surface area (Å²) in [4.78, 5) is 11.2. The Bertz CT molecular complexity index is 148. The number of hydrogen-bond acceptors (Lipinski definition) is 3. The van der Waals surface area contributed by atoms with Gasteiger partial charge in [-0.3, -0.25) is 4.79 Å². The third-order valence-corrected chi connectivity index (χ3v) is 2.10. The van der Waals surface area contributed by atoms with E-state index in [0.29, 0.717) is 13.0 Å². The van der Waals surface area contributed by atoms with Crippen molar-refractivity contribution in [3.63, 3.8) is 0 Å². The van der Waals surface area contributed by atoms with Gasteiger partial charge in [0.25, 0.3) is 0 Å². The predicted molar refractivity (Wildman–Crippen MR) is 58.0 cm³/mol. The fourth-order valence-corrected chi connectivity index (χ4v) is 1.28. The standard InChI is InChI=1S/C11H23NO2/c1-3-5-6-8-14-11(13)9-10(12)7-4-2/h10H,3-9,12H2,1-2H3. The van der Waals surface area contributed by atoms with E-state index < -0.39 is 0 Å². The first kappa shape index (κ1) is 13.4. The SMILES string of the molecule is CCCCCOC(=O)CC(N)CCC. The average Bonchev–Trinajstić information content (AvgIpc) is 2.13. The highest BCUT2D eigenvalue weighted by Gasteiger charge is 2.09. The van der Waals surface area contributed by atoms with E-state index in [0.717, 1.165) is 32.1 Å². The molecule has 0 aromatic heterocycles. The van der Waals surface area contributed by atoms with Gasteiger partial charge in [0.15, 0.2) is 0 Å². The summed E-state index contributed by atoms with van der Waals surface area (Å²) in [5, 5.41) is 0. The van der Waals surface area contributed by atoms with Gasteiger partial charge in [-0.15, -0.1) is 0 Å². The molecule has 0 amide bonds. The first-order valence-corrected chi connectivity index (χ1v) is 5.61. The van der Waals surface area contributed by atoms with E-state index in [1.807, 2.05) is 0 Å². The van der Waals surface area contributed by atoms with Crippen LogP contribution >= 0.6 is 0 Å². The maximum atomic E-state index is 11.2. The molecule has 1 unspecified atom stereocenters. The number of esters is 1. The second kappa shape index (κ2) is 9.00. The first-order chi connectivity index (χ1) is 6.70. The molecule has 3 nitrogen and oxygen atoms in total. The summed E-state index contributed by atoms with van der Waals surface area (Å²) >= 11 is 0. The van der Waals surface area contributed by atoms with E-state index >= 15 is 0 Å². The zero-order valence-corrected chi connectivity index (χ0v) is 9.42. The van der Waals surface area contributed by atoms with Gasteiger partial charge in [-0.1, -0.05) is 33.1 Å². The Morgan fingerprint density at radius 2 is 2.00 bits per heavy atom. The van der Waals surface area contributed by atoms with Crippen LogP contribution in [0.2, 0.25) is 0 Å². The molecule has 3 heteroatoms. The molecule has 0 heterocycles. The van der Waals surface area contributed by atoms with Crippen molar-refractivity contribution in [2.75, 3.05) is 6.61 Å². The molecule has 0 saturated heterocycles. The number of unbranched alkanes of at least 4 members (excludes halogenated alkanes) is 2. The average molecular weight is 201 g/mol. The molecular formula is C11H23NO2. The third kappa shape index (κ3) is 8.05. The number of ether oxygens (including phenoxy) is 1. The molecule has 0 bridgehead atoms. The molecule has 0 spiro atoms. The normalized spacial score (nSPS) is 12.5. The molecular weight excluding hydrogens is 178 g/mol. The lowest BCUT2D eigenvalue weighted by atomic mass is 10.1. The molecule has 1 atom stereocenters. The van der Waals surface area contributed by atoms with Gasteiger partial charge >= 0.3 is 5.97 Å². The Balaban J connectivity index is 3.35. The van der Waals surface area contributed by atoms with Gasteiger partial charge in [0.1, 0.15) is 0 Å². The monoisotopic (exact) mass is 201 g/mol. The van der Waals surface area contributed by atoms with Gasteiger partial charge in [0.05, 0.1) is 13.0 Å². The molecule has 2 N–H and O–H groups in total. The fourth-order valence-electron chi connectivity index (χ4n) is 1.28. The lowest BCUT2D eigenvalue weighted by Crippen LogP contribution is -2.24. The minimum absolute atomic E-state index is 0.0290. The predicted octanol–water partition coefficient (Wildman–Crippen LogP) is 2.24. The van der Waals surface area contributed by atoms with Crippen molar-refractivity contribution < 1.29 is 9.53 Å². The minimum atomic E-state index is -0.151. The highest BCUT2D eigenvalue weighted by atomic mass is 16.5. The highest BCUT2D eigenvalue weighted by molar-refractivity contribution is 5.70. The number of nitrogens with two attached hydrogens (primary N) is 1. The summed E-state index contributed by atoms with van der Waals surface area (Å²) in [5.74, 6) is -0.151. The second-order valence-corrected chi connectivity index (χ2v) is 3.68. The summed E-state index contributed by atoms with van der Waals surface area (Å²) in [5.41, 5.74) is 5.71. The van der Waals surface area contributed by atoms with Gasteiger partial charge in [0, 0.05) is 6.04 Å². The Morgan fingerprint density at radius 3 is 2.57 bits per heavy atom. The quantitative estimate of drug-likeness (QED) is 0.484. The van der Waals surface area contributed by atoms with E-state index in [1.165, 1.54) is 0 Å². The van der Waals surface area contributed by atoms with Crippen molar-refractivity contribution in [3.05, 3.63) is 0 Å². The van der Waals surface area contributed by atoms with Crippen LogP contribution in [0.4, 0.5) is 0 Å². The second-order valence-electron chi connectivity index (χ2n) is 3.68. The van der Waals surface area contributed by atoms with Gasteiger partial charge in [-0.05, 0) is 12.8 Å². The Kier molecular flexibility index (Phi) is 8.64. The van der Waals surface area contributed by atoms with Crippen LogP contribution in [0.25, 0.3) is 0 Å². The Labute approximate surface area is 87.0 Å². The van der Waals surface area contributed by atoms with Gasteiger partial charge < -0.3 is 10.5 Å². The van der Waals surface area contributed by atoms with Crippen molar-refractivity contribution in [2.24, 2.45) is 5.73 Å². The molecule has 84 valence electrons. The molecule has 0 rings (SSSR count).